The van der Waals surface area contributed by atoms with Crippen LogP contribution in [0.15, 0.2) is 24.3 Å². The molecule has 0 fully saturated rings. The summed E-state index contributed by atoms with van der Waals surface area (Å²) < 4.78 is 4.58. The third-order valence-corrected chi connectivity index (χ3v) is 3.86. The molecule has 3 heteroatoms. The van der Waals surface area contributed by atoms with Gasteiger partial charge in [0.1, 0.15) is 0 Å². The average molecular weight is 304 g/mol. The van der Waals surface area contributed by atoms with Crippen molar-refractivity contribution >= 4 is 11.8 Å². The number of ketones is 1. The smallest absolute Gasteiger partial charge is 0.305 e. The van der Waals surface area contributed by atoms with Gasteiger partial charge in [0, 0.05) is 18.4 Å². The second-order valence-corrected chi connectivity index (χ2v) is 5.71. The number of benzene rings is 1. The van der Waals surface area contributed by atoms with Gasteiger partial charge in [-0.25, -0.2) is 0 Å². The molecule has 1 aromatic carbocycles. The number of ether oxygens (including phenoxy) is 1. The van der Waals surface area contributed by atoms with Gasteiger partial charge in [-0.05, 0) is 31.2 Å². The molecule has 0 amide bonds. The molecule has 0 radical (unpaired) electrons. The van der Waals surface area contributed by atoms with Crippen LogP contribution < -0.4 is 0 Å². The van der Waals surface area contributed by atoms with E-state index in [0.717, 1.165) is 18.4 Å². The first-order chi connectivity index (χ1) is 10.7. The molecule has 0 aliphatic rings. The van der Waals surface area contributed by atoms with Gasteiger partial charge in [0.2, 0.25) is 0 Å². The van der Waals surface area contributed by atoms with E-state index in [-0.39, 0.29) is 11.8 Å². The molecule has 0 saturated carbocycles. The highest BCUT2D eigenvalue weighted by Gasteiger charge is 2.07. The molecule has 0 aromatic heterocycles. The molecule has 0 spiro atoms. The van der Waals surface area contributed by atoms with E-state index < -0.39 is 0 Å². The summed E-state index contributed by atoms with van der Waals surface area (Å²) in [5.74, 6) is -0.0535. The molecule has 0 heterocycles. The molecule has 0 N–H and O–H groups in total. The monoisotopic (exact) mass is 304 g/mol. The van der Waals surface area contributed by atoms with E-state index in [1.807, 2.05) is 12.1 Å². The number of methoxy groups -OCH3 is 1. The summed E-state index contributed by atoms with van der Waals surface area (Å²) in [6.07, 6.45) is 8.44. The van der Waals surface area contributed by atoms with Crippen LogP contribution in [-0.4, -0.2) is 18.9 Å². The van der Waals surface area contributed by atoms with Gasteiger partial charge in [-0.2, -0.15) is 0 Å². The fourth-order valence-corrected chi connectivity index (χ4v) is 2.41. The highest BCUT2D eigenvalue weighted by atomic mass is 16.5. The lowest BCUT2D eigenvalue weighted by atomic mass is 10.0. The van der Waals surface area contributed by atoms with Gasteiger partial charge < -0.3 is 4.74 Å². The molecular formula is C19H28O3. The molecule has 22 heavy (non-hydrogen) atoms. The van der Waals surface area contributed by atoms with Gasteiger partial charge in [0.25, 0.3) is 0 Å². The zero-order valence-electron chi connectivity index (χ0n) is 13.9. The summed E-state index contributed by atoms with van der Waals surface area (Å²) in [5, 5.41) is 0. The Labute approximate surface area is 134 Å². The van der Waals surface area contributed by atoms with Gasteiger partial charge in [-0.1, -0.05) is 50.5 Å². The van der Waals surface area contributed by atoms with Crippen LogP contribution in [0.5, 0.6) is 0 Å². The van der Waals surface area contributed by atoms with E-state index in [0.29, 0.717) is 19.3 Å². The van der Waals surface area contributed by atoms with Crippen LogP contribution in [0.2, 0.25) is 0 Å². The van der Waals surface area contributed by atoms with Crippen LogP contribution in [0.25, 0.3) is 0 Å². The topological polar surface area (TPSA) is 43.4 Å². The minimum absolute atomic E-state index is 0.155. The predicted octanol–water partition coefficient (Wildman–Crippen LogP) is 4.73. The van der Waals surface area contributed by atoms with E-state index in [4.69, 9.17) is 0 Å². The first-order valence-corrected chi connectivity index (χ1v) is 8.36. The second kappa shape index (κ2) is 11.0. The average Bonchev–Trinajstić information content (AvgIpc) is 2.55. The molecule has 3 nitrogen and oxygen atoms in total. The van der Waals surface area contributed by atoms with Crippen molar-refractivity contribution in [3.63, 3.8) is 0 Å². The number of carbonyl (C=O) groups is 2. The summed E-state index contributed by atoms with van der Waals surface area (Å²) in [4.78, 5) is 23.0. The fourth-order valence-electron chi connectivity index (χ4n) is 2.41. The van der Waals surface area contributed by atoms with Crippen molar-refractivity contribution in [3.05, 3.63) is 35.4 Å². The quantitative estimate of drug-likeness (QED) is 0.337. The van der Waals surface area contributed by atoms with Crippen molar-refractivity contribution in [3.8, 4) is 0 Å². The third-order valence-electron chi connectivity index (χ3n) is 3.86. The highest BCUT2D eigenvalue weighted by Crippen LogP contribution is 2.13. The Morgan fingerprint density at radius 1 is 0.909 bits per heavy atom. The maximum absolute atomic E-state index is 12.1. The number of hydrogen-bond acceptors (Lipinski definition) is 3. The number of hydrogen-bond donors (Lipinski definition) is 0. The number of carbonyl (C=O) groups excluding carboxylic acids is 2. The second-order valence-electron chi connectivity index (χ2n) is 5.71. The van der Waals surface area contributed by atoms with Crippen molar-refractivity contribution in [1.82, 2.24) is 0 Å². The Morgan fingerprint density at radius 2 is 1.59 bits per heavy atom. The van der Waals surface area contributed by atoms with Gasteiger partial charge >= 0.3 is 5.97 Å². The Bertz CT molecular complexity index is 448. The summed E-state index contributed by atoms with van der Waals surface area (Å²) in [6.45, 7) is 2.21. The Balaban J connectivity index is 2.29. The number of rotatable bonds is 11. The van der Waals surface area contributed by atoms with E-state index in [1.54, 1.807) is 0 Å². The summed E-state index contributed by atoms with van der Waals surface area (Å²) in [7, 11) is 1.39. The van der Waals surface area contributed by atoms with Crippen molar-refractivity contribution in [1.29, 1.82) is 0 Å². The molecule has 0 bridgehead atoms. The molecule has 0 atom stereocenters. The number of unbranched alkanes of at least 4 members (excludes halogenated alkanes) is 4. The maximum atomic E-state index is 12.1. The van der Waals surface area contributed by atoms with Gasteiger partial charge in [0.15, 0.2) is 5.78 Å². The summed E-state index contributed by atoms with van der Waals surface area (Å²) in [5.41, 5.74) is 2.08. The number of aryl methyl sites for hydroxylation is 1. The molecule has 1 aromatic rings. The summed E-state index contributed by atoms with van der Waals surface area (Å²) >= 11 is 0. The minimum Gasteiger partial charge on any atom is -0.469 e. The Kier molecular flexibility index (Phi) is 9.20. The third kappa shape index (κ3) is 7.39. The number of esters is 1. The van der Waals surface area contributed by atoms with E-state index in [1.165, 1.54) is 38.4 Å². The van der Waals surface area contributed by atoms with E-state index in [2.05, 4.69) is 23.8 Å². The minimum atomic E-state index is -0.208. The van der Waals surface area contributed by atoms with Crippen molar-refractivity contribution in [2.45, 2.75) is 64.7 Å². The van der Waals surface area contributed by atoms with E-state index in [9.17, 15) is 9.59 Å². The Morgan fingerprint density at radius 3 is 2.23 bits per heavy atom. The van der Waals surface area contributed by atoms with Crippen LogP contribution in [0.1, 0.15) is 74.2 Å². The van der Waals surface area contributed by atoms with Crippen molar-refractivity contribution in [2.24, 2.45) is 0 Å². The Hall–Kier alpha value is -1.64. The van der Waals surface area contributed by atoms with Crippen LogP contribution in [-0.2, 0) is 16.0 Å². The standard InChI is InChI=1S/C19H28O3/c1-3-4-5-6-9-16-12-14-17(15-13-16)18(20)10-7-8-11-19(21)22-2/h12-15H,3-11H2,1-2H3. The molecule has 0 aliphatic heterocycles. The van der Waals surface area contributed by atoms with Gasteiger partial charge in [-0.15, -0.1) is 0 Å². The lowest BCUT2D eigenvalue weighted by Gasteiger charge is -2.04. The predicted molar refractivity (Wildman–Crippen MR) is 89.1 cm³/mol. The van der Waals surface area contributed by atoms with Crippen molar-refractivity contribution < 1.29 is 14.3 Å². The van der Waals surface area contributed by atoms with Crippen molar-refractivity contribution in [2.75, 3.05) is 7.11 Å². The van der Waals surface area contributed by atoms with Crippen LogP contribution in [0.3, 0.4) is 0 Å². The first kappa shape index (κ1) is 18.4. The van der Waals surface area contributed by atoms with Crippen LogP contribution in [0.4, 0.5) is 0 Å². The lowest BCUT2D eigenvalue weighted by molar-refractivity contribution is -0.140. The SMILES string of the molecule is CCCCCCc1ccc(C(=O)CCCCC(=O)OC)cc1. The number of Topliss-reactive ketones (excluding diaryl/α,β-unsaturated/α-hetero) is 1. The summed E-state index contributed by atoms with van der Waals surface area (Å²) in [6, 6.07) is 7.98. The first-order valence-electron chi connectivity index (χ1n) is 8.36. The van der Waals surface area contributed by atoms with Crippen LogP contribution >= 0.6 is 0 Å². The molecule has 0 unspecified atom stereocenters. The maximum Gasteiger partial charge on any atom is 0.305 e. The lowest BCUT2D eigenvalue weighted by Crippen LogP contribution is -2.02. The molecule has 0 saturated heterocycles. The fraction of sp³-hybridized carbons (Fsp3) is 0.579. The zero-order chi connectivity index (χ0) is 16.2. The zero-order valence-corrected chi connectivity index (χ0v) is 13.9. The molecule has 0 aliphatic carbocycles. The largest absolute Gasteiger partial charge is 0.469 e. The normalized spacial score (nSPS) is 10.5. The highest BCUT2D eigenvalue weighted by molar-refractivity contribution is 5.96. The van der Waals surface area contributed by atoms with Crippen LogP contribution in [0, 0.1) is 0 Å². The molecular weight excluding hydrogens is 276 g/mol. The molecule has 1 rings (SSSR count). The van der Waals surface area contributed by atoms with Gasteiger partial charge in [0.05, 0.1) is 7.11 Å². The van der Waals surface area contributed by atoms with E-state index >= 15 is 0 Å². The van der Waals surface area contributed by atoms with Gasteiger partial charge in [-0.3, -0.25) is 9.59 Å². The molecule has 122 valence electrons.